The molecule has 2 amide bonds. The number of benzene rings is 2. The quantitative estimate of drug-likeness (QED) is 0.675. The second kappa shape index (κ2) is 10.1. The fourth-order valence-corrected chi connectivity index (χ4v) is 2.31. The molecule has 0 saturated heterocycles. The molecule has 2 aromatic rings. The van der Waals surface area contributed by atoms with E-state index in [2.05, 4.69) is 10.6 Å². The Labute approximate surface area is 160 Å². The Balaban J connectivity index is 1.70. The molecule has 0 aliphatic rings. The number of amides is 2. The first-order valence-corrected chi connectivity index (χ1v) is 8.61. The first-order valence-electron chi connectivity index (χ1n) is 8.61. The van der Waals surface area contributed by atoms with Gasteiger partial charge in [0, 0.05) is 6.54 Å². The molecule has 0 radical (unpaired) electrons. The molecule has 0 fully saturated rings. The molecule has 0 bridgehead atoms. The summed E-state index contributed by atoms with van der Waals surface area (Å²) in [6, 6.07) is 11.2. The number of hydrogen-bond acceptors (Lipinski definition) is 4. The van der Waals surface area contributed by atoms with Gasteiger partial charge in [-0.1, -0.05) is 24.3 Å². The largest absolute Gasteiger partial charge is 0.451 e. The molecule has 0 saturated carbocycles. The number of carbonyl (C=O) groups excluding carboxylic acids is 3. The van der Waals surface area contributed by atoms with Crippen LogP contribution in [0.3, 0.4) is 0 Å². The van der Waals surface area contributed by atoms with Crippen LogP contribution in [0.15, 0.2) is 48.5 Å². The molecule has 148 valence electrons. The highest BCUT2D eigenvalue weighted by atomic mass is 19.1. The van der Waals surface area contributed by atoms with Gasteiger partial charge in [-0.3, -0.25) is 14.4 Å². The van der Waals surface area contributed by atoms with Crippen molar-refractivity contribution < 1.29 is 27.9 Å². The lowest BCUT2D eigenvalue weighted by Gasteiger charge is -2.14. The van der Waals surface area contributed by atoms with Crippen LogP contribution in [-0.4, -0.2) is 37.0 Å². The maximum atomic E-state index is 13.5. The van der Waals surface area contributed by atoms with Crippen molar-refractivity contribution in [1.29, 1.82) is 0 Å². The van der Waals surface area contributed by atoms with Gasteiger partial charge in [-0.05, 0) is 43.2 Å². The van der Waals surface area contributed by atoms with Crippen LogP contribution in [0.5, 0.6) is 0 Å². The summed E-state index contributed by atoms with van der Waals surface area (Å²) in [6.07, 6.45) is -0.572. The van der Waals surface area contributed by atoms with E-state index in [1.54, 1.807) is 12.1 Å². The van der Waals surface area contributed by atoms with Crippen LogP contribution >= 0.6 is 0 Å². The summed E-state index contributed by atoms with van der Waals surface area (Å²) in [5.74, 6) is -3.13. The van der Waals surface area contributed by atoms with Crippen molar-refractivity contribution in [3.05, 3.63) is 71.3 Å². The number of esters is 1. The highest BCUT2D eigenvalue weighted by Crippen LogP contribution is 2.06. The van der Waals surface area contributed by atoms with E-state index in [0.717, 1.165) is 11.6 Å². The summed E-state index contributed by atoms with van der Waals surface area (Å²) in [6.45, 7) is 1.18. The van der Waals surface area contributed by atoms with Gasteiger partial charge in [-0.25, -0.2) is 8.78 Å². The standard InChI is InChI=1S/C20H20F2N2O4/c1-13(19(26)23-11-10-14-6-8-15(21)9-7-14)28-18(25)12-24-20(27)16-4-2-3-5-17(16)22/h2-9,13H,10-12H2,1H3,(H,23,26)(H,24,27)/t13-/m0/s1. The molecule has 1 atom stereocenters. The van der Waals surface area contributed by atoms with Gasteiger partial charge >= 0.3 is 5.97 Å². The third-order valence-corrected chi connectivity index (χ3v) is 3.82. The lowest BCUT2D eigenvalue weighted by molar-refractivity contribution is -0.153. The summed E-state index contributed by atoms with van der Waals surface area (Å²) in [4.78, 5) is 35.5. The first kappa shape index (κ1) is 21.0. The molecular weight excluding hydrogens is 370 g/mol. The molecular formula is C20H20F2N2O4. The zero-order chi connectivity index (χ0) is 20.5. The fourth-order valence-electron chi connectivity index (χ4n) is 2.31. The molecule has 0 aliphatic heterocycles. The van der Waals surface area contributed by atoms with Crippen molar-refractivity contribution in [3.8, 4) is 0 Å². The number of rotatable bonds is 8. The summed E-state index contributed by atoms with van der Waals surface area (Å²) in [5.41, 5.74) is 0.657. The topological polar surface area (TPSA) is 84.5 Å². The smallest absolute Gasteiger partial charge is 0.326 e. The minimum Gasteiger partial charge on any atom is -0.451 e. The Morgan fingerprint density at radius 1 is 1.00 bits per heavy atom. The number of hydrogen-bond donors (Lipinski definition) is 2. The van der Waals surface area contributed by atoms with Gasteiger partial charge in [0.25, 0.3) is 11.8 Å². The van der Waals surface area contributed by atoms with E-state index in [0.29, 0.717) is 6.42 Å². The van der Waals surface area contributed by atoms with Crippen LogP contribution in [0, 0.1) is 11.6 Å². The van der Waals surface area contributed by atoms with Gasteiger partial charge in [0.15, 0.2) is 6.10 Å². The van der Waals surface area contributed by atoms with E-state index in [9.17, 15) is 23.2 Å². The minimum atomic E-state index is -1.06. The second-order valence-corrected chi connectivity index (χ2v) is 5.96. The Morgan fingerprint density at radius 3 is 2.36 bits per heavy atom. The Hall–Kier alpha value is -3.29. The molecule has 28 heavy (non-hydrogen) atoms. The number of carbonyl (C=O) groups is 3. The summed E-state index contributed by atoms with van der Waals surface area (Å²) in [5, 5.41) is 4.84. The maximum Gasteiger partial charge on any atom is 0.326 e. The molecule has 6 nitrogen and oxygen atoms in total. The van der Waals surface area contributed by atoms with Crippen LogP contribution < -0.4 is 10.6 Å². The lowest BCUT2D eigenvalue weighted by atomic mass is 10.1. The number of halogens is 2. The zero-order valence-corrected chi connectivity index (χ0v) is 15.2. The van der Waals surface area contributed by atoms with E-state index in [4.69, 9.17) is 4.74 Å². The van der Waals surface area contributed by atoms with Crippen molar-refractivity contribution in [2.75, 3.05) is 13.1 Å². The highest BCUT2D eigenvalue weighted by molar-refractivity contribution is 5.96. The van der Waals surface area contributed by atoms with E-state index in [1.807, 2.05) is 0 Å². The van der Waals surface area contributed by atoms with Crippen molar-refractivity contribution in [2.45, 2.75) is 19.4 Å². The Bertz CT molecular complexity index is 840. The van der Waals surface area contributed by atoms with E-state index >= 15 is 0 Å². The van der Waals surface area contributed by atoms with Gasteiger partial charge in [-0.2, -0.15) is 0 Å². The molecule has 0 aliphatic carbocycles. The first-order chi connectivity index (χ1) is 13.4. The van der Waals surface area contributed by atoms with E-state index < -0.39 is 36.2 Å². The lowest BCUT2D eigenvalue weighted by Crippen LogP contribution is -2.39. The van der Waals surface area contributed by atoms with Crippen molar-refractivity contribution in [2.24, 2.45) is 0 Å². The maximum absolute atomic E-state index is 13.5. The van der Waals surface area contributed by atoms with Crippen molar-refractivity contribution in [1.82, 2.24) is 10.6 Å². The van der Waals surface area contributed by atoms with Gasteiger partial charge in [-0.15, -0.1) is 0 Å². The molecule has 2 aromatic carbocycles. The van der Waals surface area contributed by atoms with Gasteiger partial charge in [0.05, 0.1) is 5.56 Å². The predicted molar refractivity (Wildman–Crippen MR) is 97.4 cm³/mol. The Morgan fingerprint density at radius 2 is 1.68 bits per heavy atom. The van der Waals surface area contributed by atoms with Crippen LogP contribution in [-0.2, 0) is 20.7 Å². The van der Waals surface area contributed by atoms with E-state index in [1.165, 1.54) is 37.3 Å². The van der Waals surface area contributed by atoms with Crippen molar-refractivity contribution >= 4 is 17.8 Å². The number of nitrogens with one attached hydrogen (secondary N) is 2. The van der Waals surface area contributed by atoms with Gasteiger partial charge in [0.1, 0.15) is 18.2 Å². The summed E-state index contributed by atoms with van der Waals surface area (Å²) in [7, 11) is 0. The predicted octanol–water partition coefficient (Wildman–Crippen LogP) is 1.99. The minimum absolute atomic E-state index is 0.193. The molecule has 8 heteroatoms. The number of ether oxygens (including phenoxy) is 1. The monoisotopic (exact) mass is 390 g/mol. The molecule has 2 N–H and O–H groups in total. The molecule has 0 aromatic heterocycles. The van der Waals surface area contributed by atoms with E-state index in [-0.39, 0.29) is 17.9 Å². The van der Waals surface area contributed by atoms with Crippen LogP contribution in [0.25, 0.3) is 0 Å². The van der Waals surface area contributed by atoms with Gasteiger partial charge < -0.3 is 15.4 Å². The average molecular weight is 390 g/mol. The van der Waals surface area contributed by atoms with Crippen LogP contribution in [0.2, 0.25) is 0 Å². The molecule has 0 spiro atoms. The van der Waals surface area contributed by atoms with Gasteiger partial charge in [0.2, 0.25) is 0 Å². The second-order valence-electron chi connectivity index (χ2n) is 5.96. The SMILES string of the molecule is C[C@H](OC(=O)CNC(=O)c1ccccc1F)C(=O)NCCc1ccc(F)cc1. The normalized spacial score (nSPS) is 11.4. The molecule has 2 rings (SSSR count). The third-order valence-electron chi connectivity index (χ3n) is 3.82. The third kappa shape index (κ3) is 6.46. The molecule has 0 heterocycles. The van der Waals surface area contributed by atoms with Crippen molar-refractivity contribution in [3.63, 3.8) is 0 Å². The molecule has 0 unspecified atom stereocenters. The average Bonchev–Trinajstić information content (AvgIpc) is 2.68. The Kier molecular flexibility index (Phi) is 7.62. The summed E-state index contributed by atoms with van der Waals surface area (Å²) >= 11 is 0. The fraction of sp³-hybridized carbons (Fsp3) is 0.250. The highest BCUT2D eigenvalue weighted by Gasteiger charge is 2.18. The zero-order valence-electron chi connectivity index (χ0n) is 15.2. The summed E-state index contributed by atoms with van der Waals surface area (Å²) < 4.78 is 31.3. The van der Waals surface area contributed by atoms with Crippen LogP contribution in [0.4, 0.5) is 8.78 Å². The van der Waals surface area contributed by atoms with Crippen LogP contribution in [0.1, 0.15) is 22.8 Å².